The lowest BCUT2D eigenvalue weighted by molar-refractivity contribution is 0.126. The maximum atomic E-state index is 13.9. The van der Waals surface area contributed by atoms with Crippen molar-refractivity contribution in [3.63, 3.8) is 0 Å². The van der Waals surface area contributed by atoms with Crippen molar-refractivity contribution in [2.45, 2.75) is 6.04 Å². The second-order valence-electron chi connectivity index (χ2n) is 7.44. The molecule has 4 rings (SSSR count). The zero-order valence-corrected chi connectivity index (χ0v) is 18.4. The number of halogens is 3. The van der Waals surface area contributed by atoms with Gasteiger partial charge < -0.3 is 10.2 Å². The molecule has 1 atom stereocenters. The van der Waals surface area contributed by atoms with E-state index in [-0.39, 0.29) is 17.8 Å². The molecule has 3 aromatic carbocycles. The van der Waals surface area contributed by atoms with Crippen LogP contribution in [0, 0.1) is 11.6 Å². The number of piperazine rings is 1. The highest BCUT2D eigenvalue weighted by molar-refractivity contribution is 9.10. The fourth-order valence-electron chi connectivity index (χ4n) is 3.86. The van der Waals surface area contributed by atoms with Crippen LogP contribution in [0.2, 0.25) is 0 Å². The first-order chi connectivity index (χ1) is 15.0. The van der Waals surface area contributed by atoms with Gasteiger partial charge in [-0.15, -0.1) is 0 Å². The van der Waals surface area contributed by atoms with Gasteiger partial charge in [0.05, 0.1) is 11.7 Å². The SMILES string of the molecule is O=C(Nc1ccc(F)cc1F)N1CCN([C@H](c2ccccc2)c2ccc(Br)cc2)CC1. The zero-order chi connectivity index (χ0) is 21.8. The number of urea groups is 1. The Morgan fingerprint density at radius 1 is 0.871 bits per heavy atom. The Labute approximate surface area is 188 Å². The van der Waals surface area contributed by atoms with Crippen LogP contribution in [0.4, 0.5) is 19.3 Å². The lowest BCUT2D eigenvalue weighted by Crippen LogP contribution is -2.51. The number of nitrogens with one attached hydrogen (secondary N) is 1. The van der Waals surface area contributed by atoms with Gasteiger partial charge in [0.25, 0.3) is 0 Å². The van der Waals surface area contributed by atoms with Crippen LogP contribution in [0.25, 0.3) is 0 Å². The van der Waals surface area contributed by atoms with E-state index in [1.165, 1.54) is 17.2 Å². The lowest BCUT2D eigenvalue weighted by Gasteiger charge is -2.39. The van der Waals surface area contributed by atoms with Gasteiger partial charge in [-0.25, -0.2) is 13.6 Å². The van der Waals surface area contributed by atoms with Crippen molar-refractivity contribution in [3.8, 4) is 0 Å². The van der Waals surface area contributed by atoms with Gasteiger partial charge in [-0.3, -0.25) is 4.90 Å². The third-order valence-corrected chi connectivity index (χ3v) is 5.97. The average molecular weight is 486 g/mol. The fourth-order valence-corrected chi connectivity index (χ4v) is 4.13. The van der Waals surface area contributed by atoms with Gasteiger partial charge in [0, 0.05) is 36.7 Å². The van der Waals surface area contributed by atoms with Crippen molar-refractivity contribution in [3.05, 3.63) is 100 Å². The topological polar surface area (TPSA) is 35.6 Å². The molecular weight excluding hydrogens is 464 g/mol. The molecule has 7 heteroatoms. The minimum atomic E-state index is -0.786. The Hall–Kier alpha value is -2.77. The Balaban J connectivity index is 1.46. The summed E-state index contributed by atoms with van der Waals surface area (Å²) in [7, 11) is 0. The minimum absolute atomic E-state index is 0.0224. The summed E-state index contributed by atoms with van der Waals surface area (Å²) in [5.74, 6) is -1.46. The maximum Gasteiger partial charge on any atom is 0.322 e. The molecule has 160 valence electrons. The van der Waals surface area contributed by atoms with E-state index < -0.39 is 11.6 Å². The third kappa shape index (κ3) is 5.11. The number of anilines is 1. The van der Waals surface area contributed by atoms with Gasteiger partial charge in [-0.2, -0.15) is 0 Å². The van der Waals surface area contributed by atoms with Crippen molar-refractivity contribution in [2.24, 2.45) is 0 Å². The van der Waals surface area contributed by atoms with E-state index in [1.807, 2.05) is 30.3 Å². The number of carbonyl (C=O) groups is 1. The molecule has 1 saturated heterocycles. The first-order valence-corrected chi connectivity index (χ1v) is 10.9. The molecule has 0 saturated carbocycles. The minimum Gasteiger partial charge on any atom is -0.322 e. The Morgan fingerprint density at radius 2 is 1.52 bits per heavy atom. The summed E-state index contributed by atoms with van der Waals surface area (Å²) in [6.45, 7) is 2.37. The fraction of sp³-hybridized carbons (Fsp3) is 0.208. The van der Waals surface area contributed by atoms with E-state index in [1.54, 1.807) is 4.90 Å². The molecule has 0 unspecified atom stereocenters. The largest absolute Gasteiger partial charge is 0.322 e. The second-order valence-corrected chi connectivity index (χ2v) is 8.36. The van der Waals surface area contributed by atoms with Gasteiger partial charge in [0.2, 0.25) is 0 Å². The van der Waals surface area contributed by atoms with Crippen molar-refractivity contribution in [2.75, 3.05) is 31.5 Å². The quantitative estimate of drug-likeness (QED) is 0.516. The van der Waals surface area contributed by atoms with Gasteiger partial charge in [0.15, 0.2) is 0 Å². The lowest BCUT2D eigenvalue weighted by atomic mass is 9.96. The van der Waals surface area contributed by atoms with Gasteiger partial charge in [0.1, 0.15) is 11.6 Å². The van der Waals surface area contributed by atoms with E-state index in [9.17, 15) is 13.6 Å². The number of amides is 2. The Kier molecular flexibility index (Phi) is 6.63. The van der Waals surface area contributed by atoms with E-state index >= 15 is 0 Å². The molecule has 1 aliphatic rings. The summed E-state index contributed by atoms with van der Waals surface area (Å²) in [5, 5.41) is 2.54. The summed E-state index contributed by atoms with van der Waals surface area (Å²) in [5.41, 5.74) is 2.35. The standard InChI is InChI=1S/C24H22BrF2N3O/c25-19-8-6-18(7-9-19)23(17-4-2-1-3-5-17)29-12-14-30(15-13-29)24(31)28-22-11-10-20(26)16-21(22)27/h1-11,16,23H,12-15H2,(H,28,31)/t23-/m1/s1. The maximum absolute atomic E-state index is 13.9. The van der Waals surface area contributed by atoms with E-state index in [0.717, 1.165) is 16.6 Å². The summed E-state index contributed by atoms with van der Waals surface area (Å²) in [6.07, 6.45) is 0. The molecule has 2 amide bonds. The molecule has 3 aromatic rings. The van der Waals surface area contributed by atoms with Crippen LogP contribution >= 0.6 is 15.9 Å². The van der Waals surface area contributed by atoms with Gasteiger partial charge >= 0.3 is 6.03 Å². The molecule has 1 N–H and O–H groups in total. The smallest absolute Gasteiger partial charge is 0.322 e. The van der Waals surface area contributed by atoms with E-state index in [4.69, 9.17) is 0 Å². The number of rotatable bonds is 4. The summed E-state index contributed by atoms with van der Waals surface area (Å²) >= 11 is 3.49. The van der Waals surface area contributed by atoms with Crippen molar-refractivity contribution >= 4 is 27.6 Å². The Morgan fingerprint density at radius 3 is 2.16 bits per heavy atom. The monoisotopic (exact) mass is 485 g/mol. The molecule has 0 spiro atoms. The van der Waals surface area contributed by atoms with E-state index in [2.05, 4.69) is 50.4 Å². The summed E-state index contributed by atoms with van der Waals surface area (Å²) < 4.78 is 28.0. The molecule has 31 heavy (non-hydrogen) atoms. The van der Waals surface area contributed by atoms with Crippen molar-refractivity contribution < 1.29 is 13.6 Å². The van der Waals surface area contributed by atoms with Crippen LogP contribution < -0.4 is 5.32 Å². The van der Waals surface area contributed by atoms with Crippen LogP contribution in [0.15, 0.2) is 77.3 Å². The van der Waals surface area contributed by atoms with Crippen molar-refractivity contribution in [1.82, 2.24) is 9.80 Å². The normalized spacial score (nSPS) is 15.5. The number of nitrogens with zero attached hydrogens (tertiary/aromatic N) is 2. The number of hydrogen-bond donors (Lipinski definition) is 1. The number of hydrogen-bond acceptors (Lipinski definition) is 2. The Bertz CT molecular complexity index is 1040. The highest BCUT2D eigenvalue weighted by Gasteiger charge is 2.28. The molecule has 0 aromatic heterocycles. The first-order valence-electron chi connectivity index (χ1n) is 10.1. The molecule has 1 heterocycles. The highest BCUT2D eigenvalue weighted by Crippen LogP contribution is 2.30. The second kappa shape index (κ2) is 9.58. The van der Waals surface area contributed by atoms with Crippen LogP contribution in [0.5, 0.6) is 0 Å². The van der Waals surface area contributed by atoms with E-state index in [0.29, 0.717) is 26.2 Å². The van der Waals surface area contributed by atoms with Crippen LogP contribution in [0.3, 0.4) is 0 Å². The highest BCUT2D eigenvalue weighted by atomic mass is 79.9. The number of benzene rings is 3. The molecular formula is C24H22BrF2N3O. The van der Waals surface area contributed by atoms with Crippen LogP contribution in [-0.4, -0.2) is 42.0 Å². The summed E-state index contributed by atoms with van der Waals surface area (Å²) in [6, 6.07) is 21.4. The third-order valence-electron chi connectivity index (χ3n) is 5.44. The van der Waals surface area contributed by atoms with Crippen molar-refractivity contribution in [1.29, 1.82) is 0 Å². The zero-order valence-electron chi connectivity index (χ0n) is 16.8. The average Bonchev–Trinajstić information content (AvgIpc) is 2.78. The molecule has 0 bridgehead atoms. The molecule has 4 nitrogen and oxygen atoms in total. The summed E-state index contributed by atoms with van der Waals surface area (Å²) in [4.78, 5) is 16.6. The van der Waals surface area contributed by atoms with Gasteiger partial charge in [-0.1, -0.05) is 58.4 Å². The molecule has 1 aliphatic heterocycles. The molecule has 1 fully saturated rings. The molecule has 0 aliphatic carbocycles. The first kappa shape index (κ1) is 21.5. The number of carbonyl (C=O) groups excluding carboxylic acids is 1. The predicted octanol–water partition coefficient (Wildman–Crippen LogP) is 5.67. The predicted molar refractivity (Wildman–Crippen MR) is 121 cm³/mol. The van der Waals surface area contributed by atoms with Crippen LogP contribution in [0.1, 0.15) is 17.2 Å². The van der Waals surface area contributed by atoms with Crippen LogP contribution in [-0.2, 0) is 0 Å². The molecule has 0 radical (unpaired) electrons. The van der Waals surface area contributed by atoms with Gasteiger partial charge in [-0.05, 0) is 35.4 Å².